The summed E-state index contributed by atoms with van der Waals surface area (Å²) in [5, 5.41) is 12.4. The fourth-order valence-electron chi connectivity index (χ4n) is 2.50. The maximum Gasteiger partial charge on any atom is 0.0627 e. The smallest absolute Gasteiger partial charge is 0.0627 e. The minimum absolute atomic E-state index is 0.410. The third-order valence-corrected chi connectivity index (χ3v) is 3.67. The highest BCUT2D eigenvalue weighted by atomic mass is 16.4. The van der Waals surface area contributed by atoms with Gasteiger partial charge in [0.05, 0.1) is 5.71 Å². The number of piperidine rings is 1. The van der Waals surface area contributed by atoms with Crippen molar-refractivity contribution in [3.63, 3.8) is 0 Å². The molecule has 0 bridgehead atoms. The van der Waals surface area contributed by atoms with Gasteiger partial charge in [-0.2, -0.15) is 0 Å². The first-order valence-corrected chi connectivity index (χ1v) is 6.66. The molecule has 1 aliphatic heterocycles. The second-order valence-electron chi connectivity index (χ2n) is 4.82. The van der Waals surface area contributed by atoms with Crippen LogP contribution in [0.1, 0.15) is 25.5 Å². The summed E-state index contributed by atoms with van der Waals surface area (Å²) in [5.41, 5.74) is 2.11. The van der Waals surface area contributed by atoms with Crippen LogP contribution >= 0.6 is 0 Å². The highest BCUT2D eigenvalue weighted by Gasteiger charge is 2.24. The van der Waals surface area contributed by atoms with Gasteiger partial charge in [-0.1, -0.05) is 18.1 Å². The monoisotopic (exact) mass is 247 g/mol. The fraction of sp³-hybridized carbons (Fsp3) is 0.571. The number of aromatic nitrogens is 1. The molecular formula is C14H21N3O. The van der Waals surface area contributed by atoms with Crippen molar-refractivity contribution in [3.8, 4) is 0 Å². The van der Waals surface area contributed by atoms with Gasteiger partial charge in [0.1, 0.15) is 0 Å². The van der Waals surface area contributed by atoms with E-state index in [1.54, 1.807) is 0 Å². The number of nitrogens with zero attached hydrogens (tertiary/aromatic N) is 3. The molecule has 1 saturated heterocycles. The van der Waals surface area contributed by atoms with Crippen LogP contribution in [0.15, 0.2) is 29.6 Å². The van der Waals surface area contributed by atoms with Crippen molar-refractivity contribution in [1.29, 1.82) is 0 Å². The van der Waals surface area contributed by atoms with Crippen LogP contribution in [0.5, 0.6) is 0 Å². The van der Waals surface area contributed by atoms with Crippen LogP contribution in [0.25, 0.3) is 0 Å². The molecule has 18 heavy (non-hydrogen) atoms. The van der Waals surface area contributed by atoms with Gasteiger partial charge < -0.3 is 10.1 Å². The largest absolute Gasteiger partial charge is 0.411 e. The summed E-state index contributed by atoms with van der Waals surface area (Å²) < 4.78 is 0. The molecule has 4 heteroatoms. The Hall–Kier alpha value is -1.42. The zero-order valence-corrected chi connectivity index (χ0v) is 10.9. The topological polar surface area (TPSA) is 48.7 Å². The molecule has 0 spiro atoms. The van der Waals surface area contributed by atoms with E-state index in [0.29, 0.717) is 5.92 Å². The SMILES string of the molecule is CCC1CN(CCc2ccccn2)CC/C1=N\O. The molecule has 2 heterocycles. The lowest BCUT2D eigenvalue weighted by Crippen LogP contribution is -2.41. The molecule has 0 radical (unpaired) electrons. The summed E-state index contributed by atoms with van der Waals surface area (Å²) in [4.78, 5) is 6.79. The highest BCUT2D eigenvalue weighted by molar-refractivity contribution is 5.87. The Kier molecular flexibility index (Phi) is 4.70. The molecule has 1 aliphatic rings. The van der Waals surface area contributed by atoms with Crippen LogP contribution in [0.2, 0.25) is 0 Å². The maximum atomic E-state index is 8.95. The number of rotatable bonds is 4. The van der Waals surface area contributed by atoms with E-state index < -0.39 is 0 Å². The first kappa shape index (κ1) is 13.0. The van der Waals surface area contributed by atoms with Crippen molar-refractivity contribution in [3.05, 3.63) is 30.1 Å². The van der Waals surface area contributed by atoms with E-state index in [-0.39, 0.29) is 0 Å². The van der Waals surface area contributed by atoms with Crippen molar-refractivity contribution < 1.29 is 5.21 Å². The number of oxime groups is 1. The molecule has 0 amide bonds. The predicted molar refractivity (Wildman–Crippen MR) is 72.0 cm³/mol. The van der Waals surface area contributed by atoms with Gasteiger partial charge in [-0.15, -0.1) is 0 Å². The normalized spacial score (nSPS) is 23.4. The van der Waals surface area contributed by atoms with Gasteiger partial charge in [-0.05, 0) is 18.6 Å². The van der Waals surface area contributed by atoms with Gasteiger partial charge in [-0.3, -0.25) is 4.98 Å². The summed E-state index contributed by atoms with van der Waals surface area (Å²) in [6.07, 6.45) is 4.76. The second-order valence-corrected chi connectivity index (χ2v) is 4.82. The quantitative estimate of drug-likeness (QED) is 0.655. The average Bonchev–Trinajstić information content (AvgIpc) is 2.45. The van der Waals surface area contributed by atoms with Crippen molar-refractivity contribution >= 4 is 5.71 Å². The lowest BCUT2D eigenvalue weighted by molar-refractivity contribution is 0.229. The van der Waals surface area contributed by atoms with E-state index in [9.17, 15) is 0 Å². The molecule has 4 nitrogen and oxygen atoms in total. The molecular weight excluding hydrogens is 226 g/mol. The number of likely N-dealkylation sites (tertiary alicyclic amines) is 1. The van der Waals surface area contributed by atoms with Crippen LogP contribution in [-0.4, -0.2) is 40.4 Å². The van der Waals surface area contributed by atoms with Crippen LogP contribution in [0.3, 0.4) is 0 Å². The molecule has 1 fully saturated rings. The van der Waals surface area contributed by atoms with Crippen LogP contribution < -0.4 is 0 Å². The lowest BCUT2D eigenvalue weighted by Gasteiger charge is -2.32. The van der Waals surface area contributed by atoms with Gasteiger partial charge in [-0.25, -0.2) is 0 Å². The third kappa shape index (κ3) is 3.29. The van der Waals surface area contributed by atoms with E-state index in [1.807, 2.05) is 18.3 Å². The number of pyridine rings is 1. The predicted octanol–water partition coefficient (Wildman–Crippen LogP) is 2.19. The molecule has 0 aliphatic carbocycles. The number of hydrogen-bond acceptors (Lipinski definition) is 4. The lowest BCUT2D eigenvalue weighted by atomic mass is 9.93. The first-order chi connectivity index (χ1) is 8.83. The molecule has 1 unspecified atom stereocenters. The van der Waals surface area contributed by atoms with Gasteiger partial charge in [0.2, 0.25) is 0 Å². The molecule has 0 aromatic carbocycles. The van der Waals surface area contributed by atoms with E-state index in [4.69, 9.17) is 5.21 Å². The fourth-order valence-corrected chi connectivity index (χ4v) is 2.50. The van der Waals surface area contributed by atoms with E-state index in [1.165, 1.54) is 0 Å². The molecule has 1 aromatic rings. The standard InChI is InChI=1S/C14H21N3O/c1-2-12-11-17(10-7-14(12)16-18)9-6-13-5-3-4-8-15-13/h3-5,8,12,18H,2,6-7,9-11H2,1H3/b16-14+. The van der Waals surface area contributed by atoms with Gasteiger partial charge >= 0.3 is 0 Å². The minimum atomic E-state index is 0.410. The van der Waals surface area contributed by atoms with Crippen molar-refractivity contribution in [1.82, 2.24) is 9.88 Å². The Labute approximate surface area is 108 Å². The highest BCUT2D eigenvalue weighted by Crippen LogP contribution is 2.17. The van der Waals surface area contributed by atoms with Crippen molar-refractivity contribution in [2.45, 2.75) is 26.2 Å². The van der Waals surface area contributed by atoms with Crippen LogP contribution in [0.4, 0.5) is 0 Å². The van der Waals surface area contributed by atoms with Crippen molar-refractivity contribution in [2.24, 2.45) is 11.1 Å². The molecule has 1 aromatic heterocycles. The van der Waals surface area contributed by atoms with Gasteiger partial charge in [0, 0.05) is 50.3 Å². The second kappa shape index (κ2) is 6.50. The maximum absolute atomic E-state index is 8.95. The Morgan fingerprint density at radius 1 is 1.50 bits per heavy atom. The Morgan fingerprint density at radius 2 is 2.39 bits per heavy atom. The molecule has 1 N–H and O–H groups in total. The molecule has 2 rings (SSSR count). The zero-order valence-electron chi connectivity index (χ0n) is 10.9. The molecule has 1 atom stereocenters. The summed E-state index contributed by atoms with van der Waals surface area (Å²) in [6.45, 7) is 5.18. The first-order valence-electron chi connectivity index (χ1n) is 6.66. The average molecular weight is 247 g/mol. The van der Waals surface area contributed by atoms with Gasteiger partial charge in [0.25, 0.3) is 0 Å². The molecule has 98 valence electrons. The Morgan fingerprint density at radius 3 is 3.06 bits per heavy atom. The summed E-state index contributed by atoms with van der Waals surface area (Å²) >= 11 is 0. The van der Waals surface area contributed by atoms with E-state index in [0.717, 1.165) is 50.3 Å². The summed E-state index contributed by atoms with van der Waals surface area (Å²) in [7, 11) is 0. The zero-order chi connectivity index (χ0) is 12.8. The van der Waals surface area contributed by atoms with E-state index >= 15 is 0 Å². The van der Waals surface area contributed by atoms with Crippen LogP contribution in [-0.2, 0) is 6.42 Å². The third-order valence-electron chi connectivity index (χ3n) is 3.67. The van der Waals surface area contributed by atoms with Crippen molar-refractivity contribution in [2.75, 3.05) is 19.6 Å². The number of hydrogen-bond donors (Lipinski definition) is 1. The van der Waals surface area contributed by atoms with E-state index in [2.05, 4.69) is 28.0 Å². The summed E-state index contributed by atoms with van der Waals surface area (Å²) in [5.74, 6) is 0.410. The molecule has 0 saturated carbocycles. The van der Waals surface area contributed by atoms with Gasteiger partial charge in [0.15, 0.2) is 0 Å². The Balaban J connectivity index is 1.84. The van der Waals surface area contributed by atoms with Crippen LogP contribution in [0, 0.1) is 5.92 Å². The Bertz CT molecular complexity index is 391. The summed E-state index contributed by atoms with van der Waals surface area (Å²) in [6, 6.07) is 6.05. The minimum Gasteiger partial charge on any atom is -0.411 e.